The van der Waals surface area contributed by atoms with Crippen molar-refractivity contribution < 1.29 is 26.2 Å². The van der Waals surface area contributed by atoms with Crippen LogP contribution in [0, 0.1) is 63.4 Å². The van der Waals surface area contributed by atoms with Crippen LogP contribution in [0.3, 0.4) is 0 Å². The van der Waals surface area contributed by atoms with Crippen LogP contribution in [0.1, 0.15) is 0 Å². The SMILES string of the molecule is [CH3-].[CH3-].[Zr+4].[c-]1[c-][c-][cH-][c-]1.[c-]1[c-][c-][cH-][c-]1. The fourth-order valence-electron chi connectivity index (χ4n) is 0.361. The average Bonchev–Trinajstić information content (AvgIpc) is 2.67. The summed E-state index contributed by atoms with van der Waals surface area (Å²) in [5.74, 6) is 0. The third-order valence-electron chi connectivity index (χ3n) is 0.702. The van der Waals surface area contributed by atoms with Gasteiger partial charge in [0.05, 0.1) is 0 Å². The molecule has 0 spiro atoms. The first-order valence-corrected chi connectivity index (χ1v) is 2.65. The molecule has 13 heavy (non-hydrogen) atoms. The summed E-state index contributed by atoms with van der Waals surface area (Å²) in [7, 11) is 0. The Kier molecular flexibility index (Phi) is 20.0. The molecule has 0 aromatic heterocycles. The van der Waals surface area contributed by atoms with E-state index in [4.69, 9.17) is 0 Å². The third-order valence-corrected chi connectivity index (χ3v) is 0.702. The van der Waals surface area contributed by atoms with Crippen molar-refractivity contribution in [1.82, 2.24) is 0 Å². The largest absolute Gasteiger partial charge is 4.00 e. The molecule has 1 heteroatoms. The second-order valence-electron chi connectivity index (χ2n) is 1.37. The predicted octanol–water partition coefficient (Wildman–Crippen LogP) is 2.11. The van der Waals surface area contributed by atoms with E-state index in [1.165, 1.54) is 0 Å². The molecule has 2 aromatic rings. The minimum atomic E-state index is 0. The van der Waals surface area contributed by atoms with E-state index < -0.39 is 0 Å². The molecule has 0 aliphatic heterocycles. The van der Waals surface area contributed by atoms with E-state index in [1.54, 1.807) is 12.1 Å². The van der Waals surface area contributed by atoms with Crippen molar-refractivity contribution in [3.8, 4) is 0 Å². The summed E-state index contributed by atoms with van der Waals surface area (Å²) in [5, 5.41) is 0. The molecule has 2 aromatic carbocycles. The molecule has 0 atom stereocenters. The standard InChI is InChI=1S/2C5H.2CH3.Zr/c2*1-2-4-5-3-1;;;/h2*1H;2*1H3;/q2*-5;2*-1;+4. The van der Waals surface area contributed by atoms with Crippen molar-refractivity contribution in [2.75, 3.05) is 0 Å². The zero-order chi connectivity index (χ0) is 7.07. The zero-order valence-electron chi connectivity index (χ0n) is 7.65. The van der Waals surface area contributed by atoms with E-state index in [-0.39, 0.29) is 41.1 Å². The molecule has 2 rings (SSSR count). The molecule has 0 aliphatic rings. The monoisotopic (exact) mass is 242 g/mol. The molecule has 0 saturated carbocycles. The smallest absolute Gasteiger partial charge is 0.999 e. The maximum atomic E-state index is 2.62. The maximum absolute atomic E-state index is 2.62. The summed E-state index contributed by atoms with van der Waals surface area (Å²) in [5.41, 5.74) is 0. The van der Waals surface area contributed by atoms with E-state index in [1.807, 2.05) is 0 Å². The summed E-state index contributed by atoms with van der Waals surface area (Å²) in [6.45, 7) is 0. The van der Waals surface area contributed by atoms with Gasteiger partial charge in [-0.15, -0.1) is 0 Å². The fraction of sp³-hybridized carbons (Fsp3) is 0. The van der Waals surface area contributed by atoms with Crippen molar-refractivity contribution in [3.05, 3.63) is 75.5 Å². The van der Waals surface area contributed by atoms with Gasteiger partial charge < -0.3 is 75.5 Å². The predicted molar refractivity (Wildman–Crippen MR) is 47.6 cm³/mol. The summed E-state index contributed by atoms with van der Waals surface area (Å²) in [6.07, 6.45) is 0. The third kappa shape index (κ3) is 11.6. The Hall–Kier alpha value is -0.417. The van der Waals surface area contributed by atoms with Crippen LogP contribution in [0.25, 0.3) is 0 Å². The van der Waals surface area contributed by atoms with Crippen molar-refractivity contribution in [2.45, 2.75) is 0 Å². The van der Waals surface area contributed by atoms with Crippen molar-refractivity contribution >= 4 is 0 Å². The van der Waals surface area contributed by atoms with Gasteiger partial charge in [0.25, 0.3) is 0 Å². The van der Waals surface area contributed by atoms with E-state index >= 15 is 0 Å². The van der Waals surface area contributed by atoms with Gasteiger partial charge in [-0.1, -0.05) is 0 Å². The van der Waals surface area contributed by atoms with Crippen LogP contribution in [0.15, 0.2) is 12.1 Å². The number of hydrogen-bond acceptors (Lipinski definition) is 0. The first-order chi connectivity index (χ1) is 5.00. The molecule has 0 N–H and O–H groups in total. The Morgan fingerprint density at radius 3 is 0.846 bits per heavy atom. The molecule has 0 saturated heterocycles. The molecular formula is C12H8Zr-8. The first kappa shape index (κ1) is 18.4. The molecule has 0 radical (unpaired) electrons. The van der Waals surface area contributed by atoms with Crippen LogP contribution >= 0.6 is 0 Å². The molecule has 0 bridgehead atoms. The van der Waals surface area contributed by atoms with E-state index in [0.717, 1.165) is 0 Å². The minimum Gasteiger partial charge on any atom is -0.999 e. The topological polar surface area (TPSA) is 0 Å². The van der Waals surface area contributed by atoms with Gasteiger partial charge in [-0.05, 0) is 0 Å². The van der Waals surface area contributed by atoms with Gasteiger partial charge in [0.1, 0.15) is 0 Å². The van der Waals surface area contributed by atoms with Gasteiger partial charge in [0, 0.05) is 0 Å². The van der Waals surface area contributed by atoms with Crippen molar-refractivity contribution in [2.24, 2.45) is 0 Å². The molecular weight excluding hydrogens is 235 g/mol. The van der Waals surface area contributed by atoms with E-state index in [0.29, 0.717) is 0 Å². The molecule has 0 nitrogen and oxygen atoms in total. The van der Waals surface area contributed by atoms with Crippen LogP contribution in [-0.2, 0) is 26.2 Å². The summed E-state index contributed by atoms with van der Waals surface area (Å²) in [6, 6.07) is 24.0. The van der Waals surface area contributed by atoms with Crippen molar-refractivity contribution in [3.63, 3.8) is 0 Å². The Labute approximate surface area is 101 Å². The van der Waals surface area contributed by atoms with Gasteiger partial charge in [-0.3, -0.25) is 0 Å². The van der Waals surface area contributed by atoms with E-state index in [2.05, 4.69) is 48.5 Å². The second kappa shape index (κ2) is 14.1. The van der Waals surface area contributed by atoms with Gasteiger partial charge in [-0.2, -0.15) is 0 Å². The van der Waals surface area contributed by atoms with Gasteiger partial charge in [0.2, 0.25) is 0 Å². The van der Waals surface area contributed by atoms with Gasteiger partial charge in [0.15, 0.2) is 0 Å². The van der Waals surface area contributed by atoms with E-state index in [9.17, 15) is 0 Å². The molecule has 0 amide bonds. The first-order valence-electron chi connectivity index (χ1n) is 2.65. The molecule has 0 fully saturated rings. The van der Waals surface area contributed by atoms with Crippen LogP contribution < -0.4 is 0 Å². The van der Waals surface area contributed by atoms with Crippen LogP contribution in [0.4, 0.5) is 0 Å². The summed E-state index contributed by atoms with van der Waals surface area (Å²) in [4.78, 5) is 0. The van der Waals surface area contributed by atoms with Crippen molar-refractivity contribution in [1.29, 1.82) is 0 Å². The molecule has 68 valence electrons. The Balaban J connectivity index is -0.000000125. The summed E-state index contributed by atoms with van der Waals surface area (Å²) < 4.78 is 0. The van der Waals surface area contributed by atoms with Crippen LogP contribution in [-0.4, -0.2) is 0 Å². The number of rotatable bonds is 0. The Bertz CT molecular complexity index is 144. The number of hydrogen-bond donors (Lipinski definition) is 0. The van der Waals surface area contributed by atoms with Crippen LogP contribution in [0.2, 0.25) is 0 Å². The molecule has 0 unspecified atom stereocenters. The molecule has 0 heterocycles. The quantitative estimate of drug-likeness (QED) is 0.622. The zero-order valence-corrected chi connectivity index (χ0v) is 10.1. The van der Waals surface area contributed by atoms with Gasteiger partial charge in [-0.25, -0.2) is 0 Å². The maximum Gasteiger partial charge on any atom is 4.00 e. The minimum absolute atomic E-state index is 0. The van der Waals surface area contributed by atoms with Crippen LogP contribution in [0.5, 0.6) is 0 Å². The normalized spacial score (nSPS) is 6.15. The Morgan fingerprint density at radius 2 is 0.769 bits per heavy atom. The fourth-order valence-corrected chi connectivity index (χ4v) is 0.361. The summed E-state index contributed by atoms with van der Waals surface area (Å²) >= 11 is 0. The Morgan fingerprint density at radius 1 is 0.538 bits per heavy atom. The molecule has 0 aliphatic carbocycles. The van der Waals surface area contributed by atoms with Gasteiger partial charge >= 0.3 is 26.2 Å². The average molecular weight is 243 g/mol. The second-order valence-corrected chi connectivity index (χ2v) is 1.37.